The maximum Gasteiger partial charge on any atom is 0.333 e. The van der Waals surface area contributed by atoms with Crippen LogP contribution in [-0.2, 0) is 26.5 Å². The summed E-state index contributed by atoms with van der Waals surface area (Å²) < 4.78 is 50.1. The molecule has 12 heteroatoms. The lowest BCUT2D eigenvalue weighted by Crippen LogP contribution is -2.41. The minimum atomic E-state index is -3.99. The summed E-state index contributed by atoms with van der Waals surface area (Å²) in [5.41, 5.74) is 12.2. The molecule has 10 nitrogen and oxygen atoms in total. The highest BCUT2D eigenvalue weighted by Crippen LogP contribution is 2.23. The third kappa shape index (κ3) is 6.20. The van der Waals surface area contributed by atoms with Gasteiger partial charge in [0.1, 0.15) is 0 Å². The Labute approximate surface area is 192 Å². The summed E-state index contributed by atoms with van der Waals surface area (Å²) >= 11 is 0. The summed E-state index contributed by atoms with van der Waals surface area (Å²) in [6.45, 7) is 6.73. The summed E-state index contributed by atoms with van der Waals surface area (Å²) in [5, 5.41) is 0. The van der Waals surface area contributed by atoms with E-state index in [1.165, 1.54) is 24.3 Å². The van der Waals surface area contributed by atoms with Crippen LogP contribution in [0, 0.1) is 0 Å². The summed E-state index contributed by atoms with van der Waals surface area (Å²) in [6.07, 6.45) is 2.73. The van der Waals surface area contributed by atoms with Gasteiger partial charge in [-0.15, -0.1) is 13.2 Å². The first kappa shape index (κ1) is 25.6. The van der Waals surface area contributed by atoms with Crippen LogP contribution in [0.1, 0.15) is 11.1 Å². The van der Waals surface area contributed by atoms with Gasteiger partial charge in [-0.3, -0.25) is 0 Å². The molecule has 0 aliphatic carbocycles. The molecule has 0 radical (unpaired) electrons. The quantitative estimate of drug-likeness (QED) is 0.483. The smallest absolute Gasteiger partial charge is 0.333 e. The van der Waals surface area contributed by atoms with Crippen molar-refractivity contribution in [3.63, 3.8) is 0 Å². The zero-order chi connectivity index (χ0) is 24.8. The van der Waals surface area contributed by atoms with Crippen molar-refractivity contribution in [2.75, 3.05) is 20.1 Å². The van der Waals surface area contributed by atoms with E-state index in [4.69, 9.17) is 11.5 Å². The van der Waals surface area contributed by atoms with Crippen LogP contribution in [0.3, 0.4) is 0 Å². The second-order valence-corrected chi connectivity index (χ2v) is 10.6. The molecule has 0 aliphatic heterocycles. The van der Waals surface area contributed by atoms with E-state index < -0.39 is 43.6 Å². The van der Waals surface area contributed by atoms with Crippen molar-refractivity contribution in [2.45, 2.75) is 6.42 Å². The molecule has 0 aromatic heterocycles. The molecule has 0 bridgehead atoms. The molecule has 176 valence electrons. The summed E-state index contributed by atoms with van der Waals surface area (Å²) in [4.78, 5) is 23.4. The molecule has 0 aliphatic rings. The van der Waals surface area contributed by atoms with Crippen molar-refractivity contribution < 1.29 is 26.4 Å². The lowest BCUT2D eigenvalue weighted by atomic mass is 10.0. The van der Waals surface area contributed by atoms with Crippen molar-refractivity contribution in [2.24, 2.45) is 11.5 Å². The number of hydrogen-bond acceptors (Lipinski definition) is 6. The van der Waals surface area contributed by atoms with Crippen molar-refractivity contribution in [3.05, 3.63) is 85.0 Å². The third-order valence-corrected chi connectivity index (χ3v) is 7.57. The molecule has 0 heterocycles. The van der Waals surface area contributed by atoms with Gasteiger partial charge in [0.25, 0.3) is 0 Å². The normalized spacial score (nSPS) is 11.4. The number of anilines is 2. The first-order valence-electron chi connectivity index (χ1n) is 9.47. The van der Waals surface area contributed by atoms with E-state index in [1.54, 1.807) is 24.3 Å². The molecule has 0 unspecified atom stereocenters. The maximum atomic E-state index is 12.3. The fourth-order valence-corrected chi connectivity index (χ4v) is 5.36. The standard InChI is InChI=1S/C21H24N4O6S2/c1-3-13-32(28,29)24(20(22)26)18-9-5-16(6-10-18)15-17-7-11-19(12-8-17)25(21(23)27)33(30,31)14-4-2/h3-12H,1-2,13-15H2,(H2,22,26)(H2,23,27). The van der Waals surface area contributed by atoms with E-state index in [1.807, 2.05) is 0 Å². The average molecular weight is 493 g/mol. The first-order valence-corrected chi connectivity index (χ1v) is 12.7. The van der Waals surface area contributed by atoms with Crippen LogP contribution in [0.5, 0.6) is 0 Å². The predicted octanol–water partition coefficient (Wildman–Crippen LogP) is 2.08. The first-order chi connectivity index (χ1) is 15.4. The topological polar surface area (TPSA) is 161 Å². The highest BCUT2D eigenvalue weighted by molar-refractivity contribution is 7.94. The molecule has 2 aromatic carbocycles. The van der Waals surface area contributed by atoms with E-state index in [2.05, 4.69) is 13.2 Å². The van der Waals surface area contributed by atoms with Gasteiger partial charge in [0.15, 0.2) is 0 Å². The van der Waals surface area contributed by atoms with Gasteiger partial charge in [-0.1, -0.05) is 36.4 Å². The average Bonchev–Trinajstić information content (AvgIpc) is 2.69. The van der Waals surface area contributed by atoms with Crippen LogP contribution in [0.15, 0.2) is 73.8 Å². The zero-order valence-corrected chi connectivity index (χ0v) is 19.3. The number of amides is 4. The summed E-state index contributed by atoms with van der Waals surface area (Å²) in [7, 11) is -7.98. The highest BCUT2D eigenvalue weighted by Gasteiger charge is 2.27. The maximum absolute atomic E-state index is 12.3. The van der Waals surface area contributed by atoms with Crippen LogP contribution < -0.4 is 20.1 Å². The van der Waals surface area contributed by atoms with Gasteiger partial charge in [-0.05, 0) is 41.8 Å². The summed E-state index contributed by atoms with van der Waals surface area (Å²) in [5.74, 6) is -0.899. The Morgan fingerprint density at radius 3 is 1.24 bits per heavy atom. The van der Waals surface area contributed by atoms with Gasteiger partial charge in [0.05, 0.1) is 22.9 Å². The Balaban J connectivity index is 2.25. The number of primary amides is 2. The van der Waals surface area contributed by atoms with Crippen LogP contribution in [0.4, 0.5) is 21.0 Å². The molecule has 2 rings (SSSR count). The molecular weight excluding hydrogens is 468 g/mol. The van der Waals surface area contributed by atoms with E-state index in [9.17, 15) is 26.4 Å². The van der Waals surface area contributed by atoms with Crippen molar-refractivity contribution in [1.29, 1.82) is 0 Å². The number of benzene rings is 2. The van der Waals surface area contributed by atoms with Crippen molar-refractivity contribution >= 4 is 43.5 Å². The van der Waals surface area contributed by atoms with Crippen LogP contribution in [-0.4, -0.2) is 40.4 Å². The Bertz CT molecular complexity index is 1160. The molecule has 4 N–H and O–H groups in total. The number of sulfonamides is 2. The lowest BCUT2D eigenvalue weighted by molar-refractivity contribution is 0.256. The Morgan fingerprint density at radius 1 is 0.697 bits per heavy atom. The SMILES string of the molecule is C=CCS(=O)(=O)N(C(N)=O)c1ccc(Cc2ccc(N(C(N)=O)S(=O)(=O)CC=C)cc2)cc1. The minimum Gasteiger partial charge on any atom is -0.350 e. The molecule has 0 saturated carbocycles. The van der Waals surface area contributed by atoms with Gasteiger partial charge in [0.2, 0.25) is 20.0 Å². The van der Waals surface area contributed by atoms with E-state index in [0.29, 0.717) is 15.0 Å². The molecule has 0 saturated heterocycles. The fraction of sp³-hybridized carbons (Fsp3) is 0.143. The molecule has 33 heavy (non-hydrogen) atoms. The zero-order valence-electron chi connectivity index (χ0n) is 17.6. The van der Waals surface area contributed by atoms with E-state index in [-0.39, 0.29) is 11.4 Å². The minimum absolute atomic E-state index is 0.0907. The van der Waals surface area contributed by atoms with Crippen molar-refractivity contribution in [1.82, 2.24) is 0 Å². The van der Waals surface area contributed by atoms with Crippen molar-refractivity contribution in [3.8, 4) is 0 Å². The monoisotopic (exact) mass is 492 g/mol. The lowest BCUT2D eigenvalue weighted by Gasteiger charge is -2.20. The Morgan fingerprint density at radius 2 is 1.00 bits per heavy atom. The molecule has 2 aromatic rings. The van der Waals surface area contributed by atoms with Gasteiger partial charge in [-0.25, -0.2) is 26.4 Å². The largest absolute Gasteiger partial charge is 0.350 e. The van der Waals surface area contributed by atoms with Gasteiger partial charge in [0, 0.05) is 0 Å². The number of rotatable bonds is 10. The molecule has 0 atom stereocenters. The van der Waals surface area contributed by atoms with Crippen LogP contribution in [0.2, 0.25) is 0 Å². The Kier molecular flexibility index (Phi) is 8.01. The second-order valence-electron chi connectivity index (χ2n) is 6.85. The number of hydrogen-bond donors (Lipinski definition) is 2. The third-order valence-electron chi connectivity index (χ3n) is 4.36. The number of carbonyl (C=O) groups is 2. The Hall–Kier alpha value is -3.64. The second kappa shape index (κ2) is 10.3. The molecule has 0 spiro atoms. The molecular formula is C21H24N4O6S2. The highest BCUT2D eigenvalue weighted by atomic mass is 32.2. The van der Waals surface area contributed by atoms with E-state index >= 15 is 0 Å². The van der Waals surface area contributed by atoms with Gasteiger partial charge >= 0.3 is 12.1 Å². The van der Waals surface area contributed by atoms with Crippen LogP contribution >= 0.6 is 0 Å². The van der Waals surface area contributed by atoms with Gasteiger partial charge in [-0.2, -0.15) is 8.61 Å². The van der Waals surface area contributed by atoms with Gasteiger partial charge < -0.3 is 11.5 Å². The number of nitrogens with two attached hydrogens (primary N) is 2. The number of carbonyl (C=O) groups excluding carboxylic acids is 2. The van der Waals surface area contributed by atoms with Crippen LogP contribution in [0.25, 0.3) is 0 Å². The number of nitrogens with zero attached hydrogens (tertiary/aromatic N) is 2. The molecule has 4 amide bonds. The molecule has 0 fully saturated rings. The van der Waals surface area contributed by atoms with E-state index in [0.717, 1.165) is 23.3 Å². The number of urea groups is 2. The fourth-order valence-electron chi connectivity index (χ4n) is 3.03. The summed E-state index contributed by atoms with van der Waals surface area (Å²) in [6, 6.07) is 10.1. The predicted molar refractivity (Wildman–Crippen MR) is 128 cm³/mol.